The van der Waals surface area contributed by atoms with Crippen LogP contribution in [0, 0.1) is 10.1 Å². The Bertz CT molecular complexity index is 206. The Morgan fingerprint density at radius 3 is 2.67 bits per heavy atom. The van der Waals surface area contributed by atoms with Crippen molar-refractivity contribution in [2.24, 2.45) is 4.99 Å². The zero-order valence-corrected chi connectivity index (χ0v) is 4.74. The van der Waals surface area contributed by atoms with Crippen molar-refractivity contribution >= 4 is 6.34 Å². The molecule has 0 aliphatic carbocycles. The number of allylic oxidation sites excluding steroid dienone is 1. The van der Waals surface area contributed by atoms with Crippen LogP contribution in [-0.2, 0) is 0 Å². The molecule has 9 heavy (non-hydrogen) atoms. The van der Waals surface area contributed by atoms with Gasteiger partial charge in [0.25, 0.3) is 0 Å². The summed E-state index contributed by atoms with van der Waals surface area (Å²) in [5, 5.41) is 13.4. The molecule has 0 saturated carbocycles. The normalized spacial score (nSPS) is 16.1. The van der Waals surface area contributed by atoms with Gasteiger partial charge in [-0.2, -0.15) is 0 Å². The number of nitro groups is 1. The van der Waals surface area contributed by atoms with Crippen LogP contribution >= 0.6 is 0 Å². The Morgan fingerprint density at radius 2 is 2.44 bits per heavy atom. The molecule has 47 valence electrons. The lowest BCUT2D eigenvalue weighted by atomic mass is 10.5. The molecule has 0 aromatic heterocycles. The van der Waals surface area contributed by atoms with Gasteiger partial charge in [-0.3, -0.25) is 0 Å². The van der Waals surface area contributed by atoms with E-state index in [0.29, 0.717) is 5.70 Å². The lowest BCUT2D eigenvalue weighted by Crippen LogP contribution is -2.07. The molecule has 0 unspecified atom stereocenters. The van der Waals surface area contributed by atoms with E-state index in [0.717, 1.165) is 0 Å². The molecule has 0 amide bonds. The highest BCUT2D eigenvalue weighted by Crippen LogP contribution is 2.07. The van der Waals surface area contributed by atoms with Crippen molar-refractivity contribution in [2.75, 3.05) is 0 Å². The van der Waals surface area contributed by atoms with Crippen molar-refractivity contribution in [3.63, 3.8) is 0 Å². The number of aliphatic imine (C=N–C) groups is 1. The van der Waals surface area contributed by atoms with E-state index in [9.17, 15) is 10.1 Å². The summed E-state index contributed by atoms with van der Waals surface area (Å²) >= 11 is 0. The highest BCUT2D eigenvalue weighted by Gasteiger charge is 2.20. The van der Waals surface area contributed by atoms with E-state index in [1.54, 1.807) is 6.92 Å². The monoisotopic (exact) mass is 126 g/mol. The molecule has 0 N–H and O–H groups in total. The van der Waals surface area contributed by atoms with Crippen molar-refractivity contribution in [1.29, 1.82) is 0 Å². The van der Waals surface area contributed by atoms with Gasteiger partial charge in [0.15, 0.2) is 0 Å². The highest BCUT2D eigenvalue weighted by atomic mass is 16.6. The molecule has 0 saturated heterocycles. The lowest BCUT2D eigenvalue weighted by molar-refractivity contribution is -0.430. The van der Waals surface area contributed by atoms with Crippen LogP contribution in [0.5, 0.6) is 0 Å². The second kappa shape index (κ2) is 1.85. The number of rotatable bonds is 1. The van der Waals surface area contributed by atoms with Crippen molar-refractivity contribution in [3.05, 3.63) is 21.6 Å². The minimum absolute atomic E-state index is 0.157. The number of hydrogen-bond donors (Lipinski definition) is 0. The molecule has 1 aliphatic rings. The fraction of sp³-hybridized carbons (Fsp3) is 0.250. The van der Waals surface area contributed by atoms with Gasteiger partial charge in [0.2, 0.25) is 6.34 Å². The van der Waals surface area contributed by atoms with E-state index in [1.807, 2.05) is 0 Å². The van der Waals surface area contributed by atoms with Gasteiger partial charge in [-0.15, -0.1) is 0 Å². The van der Waals surface area contributed by atoms with Gasteiger partial charge in [0.1, 0.15) is 5.70 Å². The topological polar surface area (TPSA) is 69.6 Å². The minimum atomic E-state index is -0.553. The van der Waals surface area contributed by atoms with Crippen LogP contribution in [-0.4, -0.2) is 11.3 Å². The third-order valence-electron chi connectivity index (χ3n) is 0.928. The number of hydrogen-bond acceptors (Lipinski definition) is 3. The van der Waals surface area contributed by atoms with Gasteiger partial charge in [0, 0.05) is 0 Å². The third kappa shape index (κ3) is 0.883. The van der Waals surface area contributed by atoms with Gasteiger partial charge >= 0.3 is 5.82 Å². The zero-order valence-electron chi connectivity index (χ0n) is 4.74. The van der Waals surface area contributed by atoms with Crippen LogP contribution in [0.4, 0.5) is 0 Å². The van der Waals surface area contributed by atoms with Crippen LogP contribution in [0.2, 0.25) is 0 Å². The Morgan fingerprint density at radius 1 is 1.78 bits per heavy atom. The summed E-state index contributed by atoms with van der Waals surface area (Å²) in [7, 11) is 0. The van der Waals surface area contributed by atoms with Gasteiger partial charge in [-0.05, 0) is 17.2 Å². The second-order valence-electron chi connectivity index (χ2n) is 1.54. The molecule has 5 heteroatoms. The molecule has 0 spiro atoms. The van der Waals surface area contributed by atoms with Crippen molar-refractivity contribution in [3.8, 4) is 0 Å². The van der Waals surface area contributed by atoms with Gasteiger partial charge in [0.05, 0.1) is 0 Å². The third-order valence-corrected chi connectivity index (χ3v) is 0.928. The second-order valence-corrected chi connectivity index (χ2v) is 1.54. The zero-order chi connectivity index (χ0) is 6.85. The maximum atomic E-state index is 9.99. The first-order valence-electron chi connectivity index (χ1n) is 2.30. The Balaban J connectivity index is 2.85. The maximum absolute atomic E-state index is 9.99. The standard InChI is InChI=1S/C4H4N3O2/c1-3-4(7(8)9)6-2-5-3/h2H,1H3. The summed E-state index contributed by atoms with van der Waals surface area (Å²) in [5.41, 5.74) is 0.361. The van der Waals surface area contributed by atoms with E-state index in [4.69, 9.17) is 0 Å². The van der Waals surface area contributed by atoms with E-state index in [2.05, 4.69) is 10.3 Å². The summed E-state index contributed by atoms with van der Waals surface area (Å²) in [4.78, 5) is 13.0. The molecular weight excluding hydrogens is 122 g/mol. The number of nitrogens with zero attached hydrogens (tertiary/aromatic N) is 3. The van der Waals surface area contributed by atoms with E-state index >= 15 is 0 Å². The molecule has 0 atom stereocenters. The van der Waals surface area contributed by atoms with Crippen LogP contribution in [0.25, 0.3) is 0 Å². The summed E-state index contributed by atoms with van der Waals surface area (Å²) in [6.07, 6.45) is 1.17. The summed E-state index contributed by atoms with van der Waals surface area (Å²) in [6.45, 7) is 1.55. The Labute approximate surface area is 51.2 Å². The molecule has 0 bridgehead atoms. The molecule has 0 fully saturated rings. The summed E-state index contributed by atoms with van der Waals surface area (Å²) in [6, 6.07) is 0. The van der Waals surface area contributed by atoms with Crippen LogP contribution in [0.15, 0.2) is 16.5 Å². The molecule has 1 rings (SSSR count). The van der Waals surface area contributed by atoms with Crippen molar-refractivity contribution in [1.82, 2.24) is 5.32 Å². The van der Waals surface area contributed by atoms with Crippen molar-refractivity contribution in [2.45, 2.75) is 6.92 Å². The summed E-state index contributed by atoms with van der Waals surface area (Å²) in [5.74, 6) is -0.157. The van der Waals surface area contributed by atoms with E-state index in [1.165, 1.54) is 6.34 Å². The molecule has 5 nitrogen and oxygen atoms in total. The fourth-order valence-electron chi connectivity index (χ4n) is 0.501. The molecule has 1 aliphatic heterocycles. The first-order chi connectivity index (χ1) is 4.22. The largest absolute Gasteiger partial charge is 0.386 e. The van der Waals surface area contributed by atoms with E-state index < -0.39 is 4.92 Å². The molecule has 0 aromatic carbocycles. The van der Waals surface area contributed by atoms with Crippen molar-refractivity contribution < 1.29 is 4.92 Å². The average molecular weight is 126 g/mol. The fourth-order valence-corrected chi connectivity index (χ4v) is 0.501. The van der Waals surface area contributed by atoms with E-state index in [-0.39, 0.29) is 5.82 Å². The van der Waals surface area contributed by atoms with Crippen LogP contribution < -0.4 is 5.32 Å². The SMILES string of the molecule is CC1=C([N+](=O)[O-])[N]C=N1. The molecular formula is C4H4N3O2. The highest BCUT2D eigenvalue weighted by molar-refractivity contribution is 5.61. The predicted octanol–water partition coefficient (Wildman–Crippen LogP) is 0.0984. The van der Waals surface area contributed by atoms with Crippen LogP contribution in [0.3, 0.4) is 0 Å². The van der Waals surface area contributed by atoms with Gasteiger partial charge < -0.3 is 10.1 Å². The summed E-state index contributed by atoms with van der Waals surface area (Å²) < 4.78 is 0. The maximum Gasteiger partial charge on any atom is 0.386 e. The molecule has 0 aromatic rings. The lowest BCUT2D eigenvalue weighted by Gasteiger charge is -1.88. The minimum Gasteiger partial charge on any atom is -0.358 e. The van der Waals surface area contributed by atoms with Gasteiger partial charge in [-0.25, -0.2) is 4.99 Å². The molecule has 1 radical (unpaired) electrons. The molecule has 1 heterocycles. The quantitative estimate of drug-likeness (QED) is 0.369. The first kappa shape index (κ1) is 5.74. The smallest absolute Gasteiger partial charge is 0.358 e. The Kier molecular flexibility index (Phi) is 1.18. The Hall–Kier alpha value is -1.39. The first-order valence-corrected chi connectivity index (χ1v) is 2.30. The average Bonchev–Trinajstić information content (AvgIpc) is 2.13. The van der Waals surface area contributed by atoms with Gasteiger partial charge in [-0.1, -0.05) is 0 Å². The predicted molar refractivity (Wildman–Crippen MR) is 30.3 cm³/mol. The van der Waals surface area contributed by atoms with Crippen LogP contribution in [0.1, 0.15) is 6.92 Å².